The quantitative estimate of drug-likeness (QED) is 0.829. The maximum Gasteiger partial charge on any atom is 0.256 e. The molecule has 8 heteroatoms. The van der Waals surface area contributed by atoms with Gasteiger partial charge < -0.3 is 10.0 Å². The van der Waals surface area contributed by atoms with Gasteiger partial charge in [-0.05, 0) is 18.8 Å². The van der Waals surface area contributed by atoms with Crippen LogP contribution in [0.15, 0.2) is 18.6 Å². The fraction of sp³-hybridized carbons (Fsp3) is 0.588. The van der Waals surface area contributed by atoms with Crippen molar-refractivity contribution in [2.45, 2.75) is 39.2 Å². The van der Waals surface area contributed by atoms with Gasteiger partial charge in [0.1, 0.15) is 5.82 Å². The molecule has 8 nitrogen and oxygen atoms in total. The molecule has 0 spiro atoms. The van der Waals surface area contributed by atoms with Crippen LogP contribution in [0.1, 0.15) is 41.6 Å². The summed E-state index contributed by atoms with van der Waals surface area (Å²) < 4.78 is 1.84. The summed E-state index contributed by atoms with van der Waals surface area (Å²) in [5.41, 5.74) is 1.37. The lowest BCUT2D eigenvalue weighted by molar-refractivity contribution is 0.0680. The van der Waals surface area contributed by atoms with Crippen molar-refractivity contribution in [3.8, 4) is 0 Å². The van der Waals surface area contributed by atoms with Gasteiger partial charge in [-0.2, -0.15) is 0 Å². The zero-order chi connectivity index (χ0) is 17.6. The number of carbonyl (C=O) groups excluding carboxylic acids is 1. The molecule has 3 rings (SSSR count). The Labute approximate surface area is 146 Å². The molecule has 1 amide bonds. The number of aliphatic hydroxyl groups is 1. The molecule has 25 heavy (non-hydrogen) atoms. The molecule has 2 aromatic heterocycles. The lowest BCUT2D eigenvalue weighted by Crippen LogP contribution is -2.39. The maximum atomic E-state index is 12.5. The van der Waals surface area contributed by atoms with Crippen molar-refractivity contribution in [1.29, 1.82) is 0 Å². The van der Waals surface area contributed by atoms with Crippen LogP contribution in [0, 0.1) is 5.92 Å². The Morgan fingerprint density at radius 3 is 2.64 bits per heavy atom. The van der Waals surface area contributed by atoms with Crippen LogP contribution in [0.2, 0.25) is 0 Å². The predicted molar refractivity (Wildman–Crippen MR) is 90.8 cm³/mol. The summed E-state index contributed by atoms with van der Waals surface area (Å²) in [4.78, 5) is 22.8. The average Bonchev–Trinajstić information content (AvgIpc) is 3.09. The zero-order valence-corrected chi connectivity index (χ0v) is 14.5. The highest BCUT2D eigenvalue weighted by molar-refractivity contribution is 5.93. The van der Waals surface area contributed by atoms with Gasteiger partial charge in [0.15, 0.2) is 0 Å². The number of rotatable bonds is 6. The number of piperidine rings is 1. The number of carbonyl (C=O) groups is 1. The van der Waals surface area contributed by atoms with Gasteiger partial charge in [0.2, 0.25) is 0 Å². The maximum absolute atomic E-state index is 12.5. The SMILES string of the molecule is CCc1ncc(C(=O)N2CCC(Cn3cc(CCO)nn3)CC2)cn1. The van der Waals surface area contributed by atoms with Crippen LogP contribution < -0.4 is 0 Å². The van der Waals surface area contributed by atoms with E-state index in [-0.39, 0.29) is 12.5 Å². The minimum absolute atomic E-state index is 0.00657. The van der Waals surface area contributed by atoms with Crippen LogP contribution in [0.4, 0.5) is 0 Å². The number of aryl methyl sites for hydroxylation is 1. The normalized spacial score (nSPS) is 15.5. The first-order valence-electron chi connectivity index (χ1n) is 8.79. The number of hydrogen-bond donors (Lipinski definition) is 1. The molecule has 0 aliphatic carbocycles. The third-order valence-corrected chi connectivity index (χ3v) is 4.57. The zero-order valence-electron chi connectivity index (χ0n) is 14.5. The Morgan fingerprint density at radius 2 is 2.00 bits per heavy atom. The summed E-state index contributed by atoms with van der Waals surface area (Å²) in [6, 6.07) is 0. The lowest BCUT2D eigenvalue weighted by Gasteiger charge is -2.31. The van der Waals surface area contributed by atoms with E-state index in [0.29, 0.717) is 17.9 Å². The predicted octanol–water partition coefficient (Wildman–Crippen LogP) is 0.718. The van der Waals surface area contributed by atoms with E-state index in [2.05, 4.69) is 20.3 Å². The summed E-state index contributed by atoms with van der Waals surface area (Å²) in [5.74, 6) is 1.24. The molecule has 1 aliphatic heterocycles. The fourth-order valence-corrected chi connectivity index (χ4v) is 3.07. The van der Waals surface area contributed by atoms with Gasteiger partial charge in [-0.15, -0.1) is 5.10 Å². The van der Waals surface area contributed by atoms with E-state index >= 15 is 0 Å². The van der Waals surface area contributed by atoms with Crippen LogP contribution in [-0.2, 0) is 19.4 Å². The van der Waals surface area contributed by atoms with Crippen molar-refractivity contribution in [1.82, 2.24) is 29.9 Å². The van der Waals surface area contributed by atoms with E-state index in [4.69, 9.17) is 5.11 Å². The molecule has 1 N–H and O–H groups in total. The van der Waals surface area contributed by atoms with Gasteiger partial charge in [0.25, 0.3) is 5.91 Å². The van der Waals surface area contributed by atoms with Gasteiger partial charge in [-0.1, -0.05) is 12.1 Å². The summed E-state index contributed by atoms with van der Waals surface area (Å²) in [5, 5.41) is 17.1. The van der Waals surface area contributed by atoms with E-state index in [1.54, 1.807) is 12.4 Å². The van der Waals surface area contributed by atoms with Gasteiger partial charge in [-0.25, -0.2) is 9.97 Å². The average molecular weight is 344 g/mol. The van der Waals surface area contributed by atoms with Crippen molar-refractivity contribution in [2.75, 3.05) is 19.7 Å². The Bertz CT molecular complexity index is 691. The van der Waals surface area contributed by atoms with Gasteiger partial charge in [0.05, 0.1) is 11.3 Å². The van der Waals surface area contributed by atoms with E-state index in [0.717, 1.165) is 50.4 Å². The van der Waals surface area contributed by atoms with E-state index in [9.17, 15) is 4.79 Å². The molecular formula is C17H24N6O2. The Morgan fingerprint density at radius 1 is 1.28 bits per heavy atom. The summed E-state index contributed by atoms with van der Waals surface area (Å²) in [6.45, 7) is 4.34. The second kappa shape index (κ2) is 8.15. The summed E-state index contributed by atoms with van der Waals surface area (Å²) in [7, 11) is 0. The molecule has 1 saturated heterocycles. The third kappa shape index (κ3) is 4.39. The Hall–Kier alpha value is -2.35. The van der Waals surface area contributed by atoms with Crippen LogP contribution >= 0.6 is 0 Å². The van der Waals surface area contributed by atoms with Crippen LogP contribution in [0.5, 0.6) is 0 Å². The molecule has 0 aromatic carbocycles. The first-order valence-corrected chi connectivity index (χ1v) is 8.79. The highest BCUT2D eigenvalue weighted by Crippen LogP contribution is 2.20. The fourth-order valence-electron chi connectivity index (χ4n) is 3.07. The van der Waals surface area contributed by atoms with Crippen LogP contribution in [-0.4, -0.2) is 60.6 Å². The second-order valence-corrected chi connectivity index (χ2v) is 6.38. The molecule has 1 fully saturated rings. The minimum Gasteiger partial charge on any atom is -0.396 e. The van der Waals surface area contributed by atoms with E-state index < -0.39 is 0 Å². The monoisotopic (exact) mass is 344 g/mol. The smallest absolute Gasteiger partial charge is 0.256 e. The van der Waals surface area contributed by atoms with Crippen molar-refractivity contribution in [3.05, 3.63) is 35.7 Å². The van der Waals surface area contributed by atoms with Crippen LogP contribution in [0.25, 0.3) is 0 Å². The van der Waals surface area contributed by atoms with Gasteiger partial charge in [0, 0.05) is 57.7 Å². The molecule has 0 bridgehead atoms. The highest BCUT2D eigenvalue weighted by Gasteiger charge is 2.24. The van der Waals surface area contributed by atoms with Gasteiger partial charge >= 0.3 is 0 Å². The van der Waals surface area contributed by atoms with Crippen molar-refractivity contribution in [2.24, 2.45) is 5.92 Å². The van der Waals surface area contributed by atoms with E-state index in [1.165, 1.54) is 0 Å². The highest BCUT2D eigenvalue weighted by atomic mass is 16.3. The Kier molecular flexibility index (Phi) is 5.70. The topological polar surface area (TPSA) is 97.0 Å². The molecule has 1 aliphatic rings. The first-order chi connectivity index (χ1) is 12.2. The number of aromatic nitrogens is 5. The number of nitrogens with zero attached hydrogens (tertiary/aromatic N) is 6. The molecule has 2 aromatic rings. The van der Waals surface area contributed by atoms with Crippen molar-refractivity contribution < 1.29 is 9.90 Å². The number of aliphatic hydroxyl groups excluding tert-OH is 1. The number of amides is 1. The van der Waals surface area contributed by atoms with E-state index in [1.807, 2.05) is 22.7 Å². The van der Waals surface area contributed by atoms with Crippen molar-refractivity contribution >= 4 is 5.91 Å². The number of hydrogen-bond acceptors (Lipinski definition) is 6. The lowest BCUT2D eigenvalue weighted by atomic mass is 9.96. The molecule has 0 radical (unpaired) electrons. The third-order valence-electron chi connectivity index (χ3n) is 4.57. The number of likely N-dealkylation sites (tertiary alicyclic amines) is 1. The second-order valence-electron chi connectivity index (χ2n) is 6.38. The standard InChI is InChI=1S/C17H24N6O2/c1-2-16-18-9-14(10-19-16)17(25)22-6-3-13(4-7-22)11-23-12-15(5-8-24)20-21-23/h9-10,12-13,24H,2-8,11H2,1H3. The summed E-state index contributed by atoms with van der Waals surface area (Å²) in [6.07, 6.45) is 8.31. The molecule has 0 saturated carbocycles. The first kappa shape index (κ1) is 17.5. The molecular weight excluding hydrogens is 320 g/mol. The molecule has 0 atom stereocenters. The van der Waals surface area contributed by atoms with Gasteiger partial charge in [-0.3, -0.25) is 9.48 Å². The van der Waals surface area contributed by atoms with Crippen molar-refractivity contribution in [3.63, 3.8) is 0 Å². The molecule has 134 valence electrons. The largest absolute Gasteiger partial charge is 0.396 e. The minimum atomic E-state index is 0.00657. The Balaban J connectivity index is 1.51. The summed E-state index contributed by atoms with van der Waals surface area (Å²) >= 11 is 0. The molecule has 0 unspecified atom stereocenters. The molecule has 3 heterocycles. The van der Waals surface area contributed by atoms with Crippen LogP contribution in [0.3, 0.4) is 0 Å².